The normalized spacial score (nSPS) is 10.4. The third-order valence-electron chi connectivity index (χ3n) is 3.68. The summed E-state index contributed by atoms with van der Waals surface area (Å²) in [6.45, 7) is 4.04. The molecule has 1 amide bonds. The number of hydrogen-bond acceptors (Lipinski definition) is 3. The number of carbonyl (C=O) groups excluding carboxylic acids is 1. The van der Waals surface area contributed by atoms with Gasteiger partial charge in [-0.15, -0.1) is 0 Å². The lowest BCUT2D eigenvalue weighted by Gasteiger charge is -2.10. The largest absolute Gasteiger partial charge is 0.354 e. The van der Waals surface area contributed by atoms with Gasteiger partial charge in [0.25, 0.3) is 5.91 Å². The summed E-state index contributed by atoms with van der Waals surface area (Å²) in [5, 5.41) is 6.17. The van der Waals surface area contributed by atoms with Gasteiger partial charge in [0.05, 0.1) is 23.1 Å². The molecule has 4 nitrogen and oxygen atoms in total. The Morgan fingerprint density at radius 3 is 2.52 bits per heavy atom. The van der Waals surface area contributed by atoms with Crippen LogP contribution in [-0.4, -0.2) is 10.9 Å². The van der Waals surface area contributed by atoms with Crippen molar-refractivity contribution >= 4 is 38.9 Å². The predicted octanol–water partition coefficient (Wildman–Crippen LogP) is 5.46. The first-order valence-corrected chi connectivity index (χ1v) is 8.67. The molecule has 0 aliphatic heterocycles. The predicted molar refractivity (Wildman–Crippen MR) is 106 cm³/mol. The Balaban J connectivity index is 1.77. The minimum Gasteiger partial charge on any atom is -0.354 e. The van der Waals surface area contributed by atoms with Crippen molar-refractivity contribution in [2.24, 2.45) is 0 Å². The van der Waals surface area contributed by atoms with Gasteiger partial charge in [0.2, 0.25) is 0 Å². The van der Waals surface area contributed by atoms with Gasteiger partial charge in [-0.05, 0) is 71.2 Å². The number of rotatable bonds is 4. The topological polar surface area (TPSA) is 54.0 Å². The minimum absolute atomic E-state index is 0.204. The number of halogens is 1. The summed E-state index contributed by atoms with van der Waals surface area (Å²) >= 11 is 3.47. The molecule has 1 aromatic heterocycles. The second-order valence-corrected chi connectivity index (χ2v) is 6.75. The smallest absolute Gasteiger partial charge is 0.257 e. The van der Waals surface area contributed by atoms with Gasteiger partial charge < -0.3 is 10.6 Å². The first-order valence-electron chi connectivity index (χ1n) is 7.87. The molecule has 0 radical (unpaired) electrons. The maximum Gasteiger partial charge on any atom is 0.257 e. The van der Waals surface area contributed by atoms with Crippen molar-refractivity contribution in [1.29, 1.82) is 0 Å². The number of hydrogen-bond donors (Lipinski definition) is 2. The lowest BCUT2D eigenvalue weighted by Crippen LogP contribution is -2.13. The summed E-state index contributed by atoms with van der Waals surface area (Å²) in [5.41, 5.74) is 5.23. The fraction of sp³-hybridized carbons (Fsp3) is 0.100. The highest BCUT2D eigenvalue weighted by atomic mass is 79.9. The molecule has 0 spiro atoms. The number of carbonyl (C=O) groups is 1. The number of benzene rings is 2. The van der Waals surface area contributed by atoms with Crippen LogP contribution in [0.3, 0.4) is 0 Å². The monoisotopic (exact) mass is 395 g/mol. The maximum absolute atomic E-state index is 12.5. The number of aromatic nitrogens is 1. The number of nitrogens with zero attached hydrogens (tertiary/aromatic N) is 1. The zero-order chi connectivity index (χ0) is 17.8. The molecule has 0 unspecified atom stereocenters. The van der Waals surface area contributed by atoms with Crippen LogP contribution < -0.4 is 10.6 Å². The molecule has 3 rings (SSSR count). The molecule has 3 aromatic rings. The third-order valence-corrected chi connectivity index (χ3v) is 4.34. The highest BCUT2D eigenvalue weighted by Gasteiger charge is 2.10. The Morgan fingerprint density at radius 1 is 0.960 bits per heavy atom. The highest BCUT2D eigenvalue weighted by Crippen LogP contribution is 2.24. The van der Waals surface area contributed by atoms with Crippen molar-refractivity contribution in [1.82, 2.24) is 4.98 Å². The van der Waals surface area contributed by atoms with Crippen LogP contribution in [0.25, 0.3) is 0 Å². The highest BCUT2D eigenvalue weighted by molar-refractivity contribution is 9.10. The molecule has 0 aliphatic rings. The Kier molecular flexibility index (Phi) is 5.14. The molecule has 5 heteroatoms. The molecule has 0 fully saturated rings. The summed E-state index contributed by atoms with van der Waals surface area (Å²) in [6.07, 6.45) is 3.25. The molecule has 2 aromatic carbocycles. The fourth-order valence-corrected chi connectivity index (χ4v) is 3.03. The Morgan fingerprint density at radius 2 is 1.76 bits per heavy atom. The van der Waals surface area contributed by atoms with Gasteiger partial charge in [0.1, 0.15) is 0 Å². The van der Waals surface area contributed by atoms with E-state index in [1.54, 1.807) is 18.5 Å². The van der Waals surface area contributed by atoms with Gasteiger partial charge in [-0.25, -0.2) is 0 Å². The lowest BCUT2D eigenvalue weighted by atomic mass is 10.2. The van der Waals surface area contributed by atoms with E-state index in [4.69, 9.17) is 0 Å². The van der Waals surface area contributed by atoms with Gasteiger partial charge in [-0.2, -0.15) is 0 Å². The zero-order valence-corrected chi connectivity index (χ0v) is 15.6. The van der Waals surface area contributed by atoms with E-state index in [0.717, 1.165) is 32.7 Å². The molecule has 0 bridgehead atoms. The lowest BCUT2D eigenvalue weighted by molar-refractivity contribution is 0.102. The third kappa shape index (κ3) is 4.45. The van der Waals surface area contributed by atoms with Crippen LogP contribution in [0.2, 0.25) is 0 Å². The number of pyridine rings is 1. The van der Waals surface area contributed by atoms with Crippen LogP contribution in [0.1, 0.15) is 21.5 Å². The molecular weight excluding hydrogens is 378 g/mol. The summed E-state index contributed by atoms with van der Waals surface area (Å²) < 4.78 is 0.850. The van der Waals surface area contributed by atoms with Crippen molar-refractivity contribution in [2.75, 3.05) is 10.6 Å². The number of amides is 1. The van der Waals surface area contributed by atoms with Gasteiger partial charge in [0.15, 0.2) is 0 Å². The first-order chi connectivity index (χ1) is 12.0. The van der Waals surface area contributed by atoms with Crippen LogP contribution in [-0.2, 0) is 0 Å². The molecule has 126 valence electrons. The molecule has 1 heterocycles. The molecule has 2 N–H and O–H groups in total. The summed E-state index contributed by atoms with van der Waals surface area (Å²) in [5.74, 6) is -0.204. The minimum atomic E-state index is -0.204. The van der Waals surface area contributed by atoms with Gasteiger partial charge in [-0.1, -0.05) is 18.2 Å². The van der Waals surface area contributed by atoms with Crippen LogP contribution >= 0.6 is 15.9 Å². The van der Waals surface area contributed by atoms with Crippen molar-refractivity contribution in [3.63, 3.8) is 0 Å². The number of aryl methyl sites for hydroxylation is 2. The molecule has 0 saturated carbocycles. The second-order valence-electron chi connectivity index (χ2n) is 5.89. The summed E-state index contributed by atoms with van der Waals surface area (Å²) in [7, 11) is 0. The van der Waals surface area contributed by atoms with Crippen LogP contribution in [0.15, 0.2) is 65.4 Å². The van der Waals surface area contributed by atoms with Crippen molar-refractivity contribution in [3.05, 3.63) is 82.1 Å². The van der Waals surface area contributed by atoms with E-state index in [1.807, 2.05) is 56.3 Å². The van der Waals surface area contributed by atoms with Crippen molar-refractivity contribution in [2.45, 2.75) is 13.8 Å². The van der Waals surface area contributed by atoms with E-state index in [-0.39, 0.29) is 5.91 Å². The van der Waals surface area contributed by atoms with E-state index in [2.05, 4.69) is 31.5 Å². The Bertz CT molecular complexity index is 924. The molecule has 0 aliphatic carbocycles. The van der Waals surface area contributed by atoms with Gasteiger partial charge in [0, 0.05) is 16.4 Å². The quantitative estimate of drug-likeness (QED) is 0.616. The number of nitrogens with one attached hydrogen (secondary N) is 2. The van der Waals surface area contributed by atoms with Crippen LogP contribution in [0.4, 0.5) is 17.1 Å². The van der Waals surface area contributed by atoms with E-state index in [9.17, 15) is 4.79 Å². The summed E-state index contributed by atoms with van der Waals surface area (Å²) in [4.78, 5) is 16.7. The summed E-state index contributed by atoms with van der Waals surface area (Å²) in [6, 6.07) is 15.6. The van der Waals surface area contributed by atoms with Gasteiger partial charge >= 0.3 is 0 Å². The molecular formula is C20H18BrN3O. The fourth-order valence-electron chi connectivity index (χ4n) is 2.44. The maximum atomic E-state index is 12.5. The van der Waals surface area contributed by atoms with Crippen molar-refractivity contribution < 1.29 is 4.79 Å². The van der Waals surface area contributed by atoms with E-state index < -0.39 is 0 Å². The average molecular weight is 396 g/mol. The van der Waals surface area contributed by atoms with E-state index >= 15 is 0 Å². The molecule has 0 atom stereocenters. The average Bonchev–Trinajstić information content (AvgIpc) is 2.57. The standard InChI is InChI=1S/C20H18BrN3O/c1-13-4-3-5-16(8-13)23-17-10-15(11-22-12-17)20(25)24-19-7-6-14(2)9-18(19)21/h3-12,23H,1-2H3,(H,24,25). The molecule has 25 heavy (non-hydrogen) atoms. The first kappa shape index (κ1) is 17.2. The Hall–Kier alpha value is -2.66. The number of anilines is 3. The SMILES string of the molecule is Cc1cccc(Nc2cncc(C(=O)Nc3ccc(C)cc3Br)c2)c1. The Labute approximate surface area is 155 Å². The zero-order valence-electron chi connectivity index (χ0n) is 14.0. The van der Waals surface area contributed by atoms with Crippen molar-refractivity contribution in [3.8, 4) is 0 Å². The van der Waals surface area contributed by atoms with E-state index in [1.165, 1.54) is 0 Å². The second kappa shape index (κ2) is 7.49. The van der Waals surface area contributed by atoms with Crippen LogP contribution in [0, 0.1) is 13.8 Å². The van der Waals surface area contributed by atoms with Crippen LogP contribution in [0.5, 0.6) is 0 Å². The molecule has 0 saturated heterocycles. The van der Waals surface area contributed by atoms with Gasteiger partial charge in [-0.3, -0.25) is 9.78 Å². The van der Waals surface area contributed by atoms with E-state index in [0.29, 0.717) is 5.56 Å².